The van der Waals surface area contributed by atoms with Gasteiger partial charge in [-0.25, -0.2) is 4.98 Å². The SMILES string of the molecule is COc1cc(I)c(C(=O)NCc2nc(C)cs2)cc1OC. The van der Waals surface area contributed by atoms with Crippen molar-refractivity contribution in [3.05, 3.63) is 37.3 Å². The molecule has 0 atom stereocenters. The average Bonchev–Trinajstić information content (AvgIpc) is 2.90. The van der Waals surface area contributed by atoms with Crippen LogP contribution in [0.15, 0.2) is 17.5 Å². The van der Waals surface area contributed by atoms with Crippen molar-refractivity contribution in [1.82, 2.24) is 10.3 Å². The number of methoxy groups -OCH3 is 2. The zero-order valence-corrected chi connectivity index (χ0v) is 14.9. The lowest BCUT2D eigenvalue weighted by Crippen LogP contribution is -2.23. The zero-order valence-electron chi connectivity index (χ0n) is 11.9. The van der Waals surface area contributed by atoms with Crippen molar-refractivity contribution in [3.8, 4) is 11.5 Å². The van der Waals surface area contributed by atoms with Gasteiger partial charge in [0.05, 0.1) is 26.3 Å². The van der Waals surface area contributed by atoms with Crippen molar-refractivity contribution in [2.24, 2.45) is 0 Å². The highest BCUT2D eigenvalue weighted by atomic mass is 127. The number of thiazole rings is 1. The Kier molecular flexibility index (Phi) is 5.40. The maximum absolute atomic E-state index is 12.3. The van der Waals surface area contributed by atoms with Crippen LogP contribution in [0.25, 0.3) is 0 Å². The Bertz CT molecular complexity index is 658. The molecule has 7 heteroatoms. The fourth-order valence-corrected chi connectivity index (χ4v) is 3.16. The maximum atomic E-state index is 12.3. The molecule has 5 nitrogen and oxygen atoms in total. The third-order valence-electron chi connectivity index (χ3n) is 2.78. The Hall–Kier alpha value is -1.35. The van der Waals surface area contributed by atoms with E-state index in [1.165, 1.54) is 11.3 Å². The highest BCUT2D eigenvalue weighted by molar-refractivity contribution is 14.1. The predicted octanol–water partition coefficient (Wildman–Crippen LogP) is 3.00. The van der Waals surface area contributed by atoms with Gasteiger partial charge in [0.15, 0.2) is 11.5 Å². The van der Waals surface area contributed by atoms with Gasteiger partial charge in [-0.15, -0.1) is 11.3 Å². The van der Waals surface area contributed by atoms with Gasteiger partial charge in [0.2, 0.25) is 0 Å². The third-order valence-corrected chi connectivity index (χ3v) is 4.64. The number of amides is 1. The Balaban J connectivity index is 2.15. The van der Waals surface area contributed by atoms with Crippen LogP contribution in [0, 0.1) is 10.5 Å². The minimum atomic E-state index is -0.159. The molecule has 1 heterocycles. The minimum Gasteiger partial charge on any atom is -0.493 e. The minimum absolute atomic E-state index is 0.159. The molecule has 0 bridgehead atoms. The number of aromatic nitrogens is 1. The van der Waals surface area contributed by atoms with E-state index in [1.54, 1.807) is 26.4 Å². The molecule has 0 radical (unpaired) electrons. The Labute approximate surface area is 140 Å². The molecular formula is C14H15IN2O3S. The average molecular weight is 418 g/mol. The number of benzene rings is 1. The topological polar surface area (TPSA) is 60.5 Å². The largest absolute Gasteiger partial charge is 0.493 e. The molecular weight excluding hydrogens is 403 g/mol. The fourth-order valence-electron chi connectivity index (χ4n) is 1.76. The number of carbonyl (C=O) groups is 1. The highest BCUT2D eigenvalue weighted by Gasteiger charge is 2.15. The van der Waals surface area contributed by atoms with E-state index in [9.17, 15) is 4.79 Å². The van der Waals surface area contributed by atoms with Crippen LogP contribution in [-0.2, 0) is 6.54 Å². The molecule has 0 saturated carbocycles. The van der Waals surface area contributed by atoms with Gasteiger partial charge in [-0.2, -0.15) is 0 Å². The van der Waals surface area contributed by atoms with Crippen LogP contribution in [0.4, 0.5) is 0 Å². The number of rotatable bonds is 5. The summed E-state index contributed by atoms with van der Waals surface area (Å²) in [5.74, 6) is 0.982. The molecule has 1 aromatic carbocycles. The molecule has 0 unspecified atom stereocenters. The summed E-state index contributed by atoms with van der Waals surface area (Å²) >= 11 is 3.64. The van der Waals surface area contributed by atoms with Crippen molar-refractivity contribution in [1.29, 1.82) is 0 Å². The van der Waals surface area contributed by atoms with E-state index in [0.29, 0.717) is 23.6 Å². The fraction of sp³-hybridized carbons (Fsp3) is 0.286. The first-order valence-electron chi connectivity index (χ1n) is 6.16. The first kappa shape index (κ1) is 16.0. The summed E-state index contributed by atoms with van der Waals surface area (Å²) in [4.78, 5) is 16.6. The molecule has 0 aliphatic rings. The molecule has 21 heavy (non-hydrogen) atoms. The summed E-state index contributed by atoms with van der Waals surface area (Å²) in [7, 11) is 3.11. The van der Waals surface area contributed by atoms with Gasteiger partial charge in [-0.05, 0) is 41.6 Å². The van der Waals surface area contributed by atoms with Gasteiger partial charge in [0, 0.05) is 14.6 Å². The van der Waals surface area contributed by atoms with Crippen LogP contribution in [-0.4, -0.2) is 25.1 Å². The predicted molar refractivity (Wildman–Crippen MR) is 90.3 cm³/mol. The number of ether oxygens (including phenoxy) is 2. The van der Waals surface area contributed by atoms with E-state index in [2.05, 4.69) is 32.9 Å². The lowest BCUT2D eigenvalue weighted by atomic mass is 10.2. The van der Waals surface area contributed by atoms with Crippen molar-refractivity contribution in [2.45, 2.75) is 13.5 Å². The van der Waals surface area contributed by atoms with Crippen LogP contribution < -0.4 is 14.8 Å². The molecule has 112 valence electrons. The van der Waals surface area contributed by atoms with Crippen molar-refractivity contribution in [2.75, 3.05) is 14.2 Å². The van der Waals surface area contributed by atoms with E-state index in [1.807, 2.05) is 12.3 Å². The first-order valence-corrected chi connectivity index (χ1v) is 8.11. The molecule has 1 amide bonds. The molecule has 0 spiro atoms. The van der Waals surface area contributed by atoms with E-state index < -0.39 is 0 Å². The van der Waals surface area contributed by atoms with E-state index in [4.69, 9.17) is 9.47 Å². The van der Waals surface area contributed by atoms with Crippen LogP contribution in [0.5, 0.6) is 11.5 Å². The lowest BCUT2D eigenvalue weighted by Gasteiger charge is -2.11. The Morgan fingerprint density at radius 2 is 2.00 bits per heavy atom. The number of hydrogen-bond donors (Lipinski definition) is 1. The van der Waals surface area contributed by atoms with Crippen LogP contribution in [0.3, 0.4) is 0 Å². The highest BCUT2D eigenvalue weighted by Crippen LogP contribution is 2.31. The standard InChI is InChI=1S/C14H15IN2O3S/c1-8-7-21-13(17-8)6-16-14(18)9-4-11(19-2)12(20-3)5-10(9)15/h4-5,7H,6H2,1-3H3,(H,16,18). The van der Waals surface area contributed by atoms with Crippen molar-refractivity contribution in [3.63, 3.8) is 0 Å². The van der Waals surface area contributed by atoms with Gasteiger partial charge in [-0.3, -0.25) is 4.79 Å². The zero-order chi connectivity index (χ0) is 15.4. The third kappa shape index (κ3) is 3.85. The Morgan fingerprint density at radius 1 is 1.33 bits per heavy atom. The molecule has 1 N–H and O–H groups in total. The molecule has 0 aliphatic carbocycles. The summed E-state index contributed by atoms with van der Waals surface area (Å²) < 4.78 is 11.2. The smallest absolute Gasteiger partial charge is 0.252 e. The second kappa shape index (κ2) is 7.08. The maximum Gasteiger partial charge on any atom is 0.252 e. The number of halogens is 1. The molecule has 2 aromatic rings. The molecule has 2 rings (SSSR count). The molecule has 1 aromatic heterocycles. The monoisotopic (exact) mass is 418 g/mol. The quantitative estimate of drug-likeness (QED) is 0.759. The number of aryl methyl sites for hydroxylation is 1. The molecule has 0 fully saturated rings. The number of nitrogens with one attached hydrogen (secondary N) is 1. The van der Waals surface area contributed by atoms with Crippen molar-refractivity contribution < 1.29 is 14.3 Å². The Morgan fingerprint density at radius 3 is 2.57 bits per heavy atom. The second-order valence-corrected chi connectivity index (χ2v) is 6.36. The van der Waals surface area contributed by atoms with Crippen LogP contribution in [0.2, 0.25) is 0 Å². The van der Waals surface area contributed by atoms with Crippen LogP contribution in [0.1, 0.15) is 21.1 Å². The second-order valence-electron chi connectivity index (χ2n) is 4.25. The summed E-state index contributed by atoms with van der Waals surface area (Å²) in [6, 6.07) is 3.46. The summed E-state index contributed by atoms with van der Waals surface area (Å²) in [5.41, 5.74) is 1.52. The van der Waals surface area contributed by atoms with E-state index in [-0.39, 0.29) is 5.91 Å². The van der Waals surface area contributed by atoms with Gasteiger partial charge in [0.25, 0.3) is 5.91 Å². The van der Waals surface area contributed by atoms with Crippen molar-refractivity contribution >= 4 is 39.8 Å². The van der Waals surface area contributed by atoms with Crippen LogP contribution >= 0.6 is 33.9 Å². The normalized spacial score (nSPS) is 10.3. The number of hydrogen-bond acceptors (Lipinski definition) is 5. The lowest BCUT2D eigenvalue weighted by molar-refractivity contribution is 0.0949. The molecule has 0 aliphatic heterocycles. The van der Waals surface area contributed by atoms with Gasteiger partial charge < -0.3 is 14.8 Å². The summed E-state index contributed by atoms with van der Waals surface area (Å²) in [6.07, 6.45) is 0. The summed E-state index contributed by atoms with van der Waals surface area (Å²) in [6.45, 7) is 2.35. The van der Waals surface area contributed by atoms with Gasteiger partial charge in [0.1, 0.15) is 5.01 Å². The first-order chi connectivity index (χ1) is 10.0. The van der Waals surface area contributed by atoms with Gasteiger partial charge in [-0.1, -0.05) is 0 Å². The van der Waals surface area contributed by atoms with E-state index in [0.717, 1.165) is 14.3 Å². The van der Waals surface area contributed by atoms with Gasteiger partial charge >= 0.3 is 0 Å². The summed E-state index contributed by atoms with van der Waals surface area (Å²) in [5, 5.41) is 5.71. The van der Waals surface area contributed by atoms with E-state index >= 15 is 0 Å². The number of carbonyl (C=O) groups excluding carboxylic acids is 1. The molecule has 0 saturated heterocycles. The number of nitrogens with zero attached hydrogens (tertiary/aromatic N) is 1.